The summed E-state index contributed by atoms with van der Waals surface area (Å²) in [6.07, 6.45) is -4.55. The molecule has 1 heterocycles. The Morgan fingerprint density at radius 2 is 1.51 bits per heavy atom. The van der Waals surface area contributed by atoms with Crippen molar-refractivity contribution in [3.05, 3.63) is 101 Å². The molecule has 0 aliphatic rings. The Hall–Kier alpha value is -3.02. The normalized spacial score (nSPS) is 13.9. The number of para-hydroxylation sites is 1. The number of rotatable bonds is 5. The Morgan fingerprint density at radius 3 is 2.21 bits per heavy atom. The number of benzene rings is 4. The number of aryl methyl sites for hydroxylation is 1. The first-order valence-corrected chi connectivity index (χ1v) is 15.2. The molecule has 202 valence electrons. The summed E-state index contributed by atoms with van der Waals surface area (Å²) in [4.78, 5) is 0. The molecule has 0 aliphatic carbocycles. The van der Waals surface area contributed by atoms with Gasteiger partial charge >= 0.3 is 6.18 Å². The van der Waals surface area contributed by atoms with Gasteiger partial charge in [0.1, 0.15) is 5.75 Å². The number of aromatic nitrogens is 1. The van der Waals surface area contributed by atoms with Gasteiger partial charge in [-0.2, -0.15) is 13.2 Å². The Morgan fingerprint density at radius 1 is 0.821 bits per heavy atom. The van der Waals surface area contributed by atoms with Crippen molar-refractivity contribution in [3.8, 4) is 5.75 Å². The molecule has 0 saturated heterocycles. The molecule has 39 heavy (non-hydrogen) atoms. The fourth-order valence-corrected chi connectivity index (χ4v) is 8.47. The molecule has 0 radical (unpaired) electrons. The monoisotopic (exact) mass is 612 g/mol. The molecule has 3 nitrogen and oxygen atoms in total. The molecule has 0 spiro atoms. The molecule has 8 heteroatoms. The number of halogens is 4. The first kappa shape index (κ1) is 27.5. The summed E-state index contributed by atoms with van der Waals surface area (Å²) in [6, 6.07) is 27.1. The third kappa shape index (κ3) is 5.03. The van der Waals surface area contributed by atoms with Gasteiger partial charge in [0.15, 0.2) is 7.28 Å². The third-order valence-electron chi connectivity index (χ3n) is 6.82. The number of alkyl halides is 3. The molecule has 1 aromatic heterocycles. The van der Waals surface area contributed by atoms with Crippen molar-refractivity contribution in [1.82, 2.24) is 4.57 Å². The van der Waals surface area contributed by atoms with Crippen LogP contribution in [0.25, 0.3) is 21.8 Å². The van der Waals surface area contributed by atoms with Crippen LogP contribution < -0.4 is 9.83 Å². The molecule has 0 unspecified atom stereocenters. The van der Waals surface area contributed by atoms with E-state index in [0.717, 1.165) is 44.2 Å². The van der Waals surface area contributed by atoms with Crippen LogP contribution in [-0.2, 0) is 12.7 Å². The maximum atomic E-state index is 14.1. The lowest BCUT2D eigenvalue weighted by atomic mass is 10.1. The minimum Gasteiger partial charge on any atom is -0.455 e. The van der Waals surface area contributed by atoms with Gasteiger partial charge in [0, 0.05) is 43.3 Å². The van der Waals surface area contributed by atoms with Gasteiger partial charge in [-0.25, -0.2) is 4.74 Å². The Balaban J connectivity index is 1.89. The summed E-state index contributed by atoms with van der Waals surface area (Å²) in [5, 5.41) is 2.24. The summed E-state index contributed by atoms with van der Waals surface area (Å²) in [7, 11) is -3.18. The molecule has 5 rings (SSSR count). The largest absolute Gasteiger partial charge is 0.455 e. The van der Waals surface area contributed by atoms with Crippen molar-refractivity contribution >= 4 is 56.0 Å². The van der Waals surface area contributed by atoms with Crippen LogP contribution in [0.3, 0.4) is 0 Å². The van der Waals surface area contributed by atoms with Crippen molar-refractivity contribution in [1.29, 1.82) is 0 Å². The molecular weight excluding hydrogens is 584 g/mol. The Labute approximate surface area is 234 Å². The van der Waals surface area contributed by atoms with Crippen LogP contribution in [0.2, 0.25) is 0 Å². The van der Waals surface area contributed by atoms with E-state index in [0.29, 0.717) is 5.75 Å². The van der Waals surface area contributed by atoms with Crippen molar-refractivity contribution in [2.75, 3.05) is 0 Å². The van der Waals surface area contributed by atoms with E-state index in [1.54, 1.807) is 6.07 Å². The van der Waals surface area contributed by atoms with Crippen molar-refractivity contribution in [2.24, 2.45) is 4.74 Å². The van der Waals surface area contributed by atoms with Gasteiger partial charge in [0.2, 0.25) is 0 Å². The van der Waals surface area contributed by atoms with Crippen LogP contribution in [0.15, 0.2) is 100 Å². The van der Waals surface area contributed by atoms with Crippen molar-refractivity contribution in [3.63, 3.8) is 0 Å². The van der Waals surface area contributed by atoms with Crippen LogP contribution in [-0.4, -0.2) is 9.72 Å². The SMILES string of the molecule is CCn1c2ccccc2c2cc([P@@](=Nc3ccccc3C(F)(F)F)(Oc3cccc(Br)c3)C(C)(C)C)ccc21. The highest BCUT2D eigenvalue weighted by Crippen LogP contribution is 2.63. The standard InChI is InChI=1S/C31H29BrF3N2OP/c1-5-37-28-16-9-6-13-24(28)25-20-23(17-18-29(25)37)39(30(2,3)4,38-22-12-10-11-21(32)19-22)36-27-15-8-7-14-26(27)31(33,34)35/h6-20H,5H2,1-4H3/t39-/m1/s1. The predicted octanol–water partition coefficient (Wildman–Crippen LogP) is 10.5. The van der Waals surface area contributed by atoms with Gasteiger partial charge in [0.25, 0.3) is 0 Å². The van der Waals surface area contributed by atoms with Crippen LogP contribution in [0, 0.1) is 0 Å². The average Bonchev–Trinajstić information content (AvgIpc) is 3.20. The van der Waals surface area contributed by atoms with E-state index in [4.69, 9.17) is 9.27 Å². The second-order valence-electron chi connectivity index (χ2n) is 10.4. The number of fused-ring (bicyclic) bond motifs is 3. The molecule has 0 bridgehead atoms. The zero-order valence-electron chi connectivity index (χ0n) is 22.1. The van der Waals surface area contributed by atoms with E-state index in [2.05, 4.69) is 45.6 Å². The molecule has 0 N–H and O–H groups in total. The van der Waals surface area contributed by atoms with Crippen LogP contribution in [0.5, 0.6) is 5.75 Å². The minimum atomic E-state index is -4.55. The van der Waals surface area contributed by atoms with Crippen molar-refractivity contribution < 1.29 is 17.7 Å². The molecule has 0 saturated carbocycles. The zero-order chi connectivity index (χ0) is 28.0. The fourth-order valence-electron chi connectivity index (χ4n) is 5.00. The first-order chi connectivity index (χ1) is 18.4. The first-order valence-electron chi connectivity index (χ1n) is 12.7. The van der Waals surface area contributed by atoms with E-state index >= 15 is 0 Å². The molecule has 0 aliphatic heterocycles. The van der Waals surface area contributed by atoms with Crippen molar-refractivity contribution in [2.45, 2.75) is 45.6 Å². The van der Waals surface area contributed by atoms with Crippen LogP contribution in [0.1, 0.15) is 33.3 Å². The van der Waals surface area contributed by atoms with E-state index in [1.165, 1.54) is 12.1 Å². The lowest BCUT2D eigenvalue weighted by Crippen LogP contribution is -2.27. The van der Waals surface area contributed by atoms with E-state index in [9.17, 15) is 13.2 Å². The topological polar surface area (TPSA) is 26.5 Å². The number of hydrogen-bond donors (Lipinski definition) is 0. The maximum Gasteiger partial charge on any atom is 0.418 e. The Kier molecular flexibility index (Phi) is 7.19. The second kappa shape index (κ2) is 10.2. The number of nitrogens with zero attached hydrogens (tertiary/aromatic N) is 2. The van der Waals surface area contributed by atoms with E-state index in [1.807, 2.05) is 69.3 Å². The van der Waals surface area contributed by atoms with Gasteiger partial charge < -0.3 is 9.09 Å². The molecular formula is C31H29BrF3N2OP. The zero-order valence-corrected chi connectivity index (χ0v) is 24.6. The smallest absolute Gasteiger partial charge is 0.418 e. The van der Waals surface area contributed by atoms with E-state index in [-0.39, 0.29) is 5.69 Å². The lowest BCUT2D eigenvalue weighted by molar-refractivity contribution is -0.137. The van der Waals surface area contributed by atoms with Gasteiger partial charge in [-0.1, -0.05) is 73.1 Å². The second-order valence-corrected chi connectivity index (χ2v) is 14.7. The van der Waals surface area contributed by atoms with Gasteiger partial charge in [0.05, 0.1) is 11.3 Å². The van der Waals surface area contributed by atoms with Gasteiger partial charge in [-0.15, -0.1) is 0 Å². The molecule has 0 fully saturated rings. The fraction of sp³-hybridized carbons (Fsp3) is 0.226. The highest BCUT2D eigenvalue weighted by Gasteiger charge is 2.41. The quantitative estimate of drug-likeness (QED) is 0.181. The molecule has 0 amide bonds. The van der Waals surface area contributed by atoms with Crippen LogP contribution >= 0.6 is 23.2 Å². The minimum absolute atomic E-state index is 0.126. The van der Waals surface area contributed by atoms with Gasteiger partial charge in [-0.3, -0.25) is 0 Å². The maximum absolute atomic E-state index is 14.1. The molecule has 5 aromatic rings. The summed E-state index contributed by atoms with van der Waals surface area (Å²) in [5.74, 6) is 0.539. The Bertz CT molecular complexity index is 1730. The average molecular weight is 613 g/mol. The summed E-state index contributed by atoms with van der Waals surface area (Å²) in [5.41, 5.74) is 1.27. The highest BCUT2D eigenvalue weighted by atomic mass is 79.9. The highest BCUT2D eigenvalue weighted by molar-refractivity contribution is 9.10. The summed E-state index contributed by atoms with van der Waals surface area (Å²) in [6.45, 7) is 8.85. The van der Waals surface area contributed by atoms with Gasteiger partial charge in [-0.05, 0) is 61.5 Å². The van der Waals surface area contributed by atoms with Crippen LogP contribution in [0.4, 0.5) is 18.9 Å². The van der Waals surface area contributed by atoms with E-state index < -0.39 is 24.2 Å². The predicted molar refractivity (Wildman–Crippen MR) is 160 cm³/mol. The molecule has 4 aromatic carbocycles. The number of hydrogen-bond acceptors (Lipinski definition) is 2. The summed E-state index contributed by atoms with van der Waals surface area (Å²) < 4.78 is 57.3. The lowest BCUT2D eigenvalue weighted by Gasteiger charge is -2.37. The molecule has 1 atom stereocenters. The third-order valence-corrected chi connectivity index (χ3v) is 11.1. The summed E-state index contributed by atoms with van der Waals surface area (Å²) >= 11 is 3.50.